The van der Waals surface area contributed by atoms with E-state index in [0.29, 0.717) is 12.5 Å². The van der Waals surface area contributed by atoms with Gasteiger partial charge in [-0.2, -0.15) is 0 Å². The van der Waals surface area contributed by atoms with E-state index in [0.717, 1.165) is 17.9 Å². The van der Waals surface area contributed by atoms with Gasteiger partial charge in [-0.05, 0) is 18.9 Å². The van der Waals surface area contributed by atoms with E-state index in [-0.39, 0.29) is 0 Å². The molecule has 3 N–H and O–H groups in total. The van der Waals surface area contributed by atoms with Crippen LogP contribution in [0.1, 0.15) is 30.7 Å². The summed E-state index contributed by atoms with van der Waals surface area (Å²) in [4.78, 5) is 7.82. The second kappa shape index (κ2) is 5.15. The zero-order chi connectivity index (χ0) is 12.3. The SMILES string of the molecule is CCC(CN)c1ncc(-c2ccccc2C)[nH]1. The van der Waals surface area contributed by atoms with E-state index in [4.69, 9.17) is 5.73 Å². The Morgan fingerprint density at radius 1 is 1.35 bits per heavy atom. The molecule has 3 nitrogen and oxygen atoms in total. The number of hydrogen-bond donors (Lipinski definition) is 2. The van der Waals surface area contributed by atoms with Gasteiger partial charge in [-0.1, -0.05) is 31.2 Å². The number of H-pyrrole nitrogens is 1. The molecule has 17 heavy (non-hydrogen) atoms. The topological polar surface area (TPSA) is 54.7 Å². The van der Waals surface area contributed by atoms with Crippen molar-refractivity contribution in [1.29, 1.82) is 0 Å². The van der Waals surface area contributed by atoms with Crippen molar-refractivity contribution in [1.82, 2.24) is 9.97 Å². The molecule has 0 aliphatic heterocycles. The standard InChI is InChI=1S/C14H19N3/c1-3-11(8-15)14-16-9-13(17-14)12-7-5-4-6-10(12)2/h4-7,9,11H,3,8,15H2,1-2H3,(H,16,17). The molecule has 3 heteroatoms. The first-order valence-corrected chi connectivity index (χ1v) is 6.07. The molecule has 2 rings (SSSR count). The van der Waals surface area contributed by atoms with E-state index in [1.54, 1.807) is 0 Å². The Kier molecular flexibility index (Phi) is 3.59. The Bertz CT molecular complexity index is 484. The van der Waals surface area contributed by atoms with Crippen LogP contribution in [0.2, 0.25) is 0 Å². The van der Waals surface area contributed by atoms with E-state index < -0.39 is 0 Å². The van der Waals surface area contributed by atoms with Gasteiger partial charge < -0.3 is 10.7 Å². The van der Waals surface area contributed by atoms with E-state index in [2.05, 4.69) is 35.9 Å². The molecule has 0 fully saturated rings. The first kappa shape index (κ1) is 11.9. The third-order valence-corrected chi connectivity index (χ3v) is 3.19. The predicted molar refractivity (Wildman–Crippen MR) is 70.8 cm³/mol. The summed E-state index contributed by atoms with van der Waals surface area (Å²) < 4.78 is 0. The van der Waals surface area contributed by atoms with E-state index in [1.165, 1.54) is 11.1 Å². The van der Waals surface area contributed by atoms with Gasteiger partial charge in [0.15, 0.2) is 0 Å². The van der Waals surface area contributed by atoms with Crippen LogP contribution < -0.4 is 5.73 Å². The number of aromatic nitrogens is 2. The maximum atomic E-state index is 5.73. The lowest BCUT2D eigenvalue weighted by atomic mass is 10.1. The highest BCUT2D eigenvalue weighted by molar-refractivity contribution is 5.62. The molecule has 1 atom stereocenters. The zero-order valence-electron chi connectivity index (χ0n) is 10.4. The molecule has 0 amide bonds. The van der Waals surface area contributed by atoms with Gasteiger partial charge in [-0.25, -0.2) is 4.98 Å². The number of rotatable bonds is 4. The average molecular weight is 229 g/mol. The normalized spacial score (nSPS) is 12.6. The fourth-order valence-electron chi connectivity index (χ4n) is 2.03. The summed E-state index contributed by atoms with van der Waals surface area (Å²) in [6.07, 6.45) is 2.91. The van der Waals surface area contributed by atoms with Crippen molar-refractivity contribution in [2.24, 2.45) is 5.73 Å². The number of aryl methyl sites for hydroxylation is 1. The molecule has 90 valence electrons. The quantitative estimate of drug-likeness (QED) is 0.847. The second-order valence-electron chi connectivity index (χ2n) is 4.34. The zero-order valence-corrected chi connectivity index (χ0v) is 10.4. The van der Waals surface area contributed by atoms with Crippen LogP contribution in [0, 0.1) is 6.92 Å². The third-order valence-electron chi connectivity index (χ3n) is 3.19. The van der Waals surface area contributed by atoms with Crippen molar-refractivity contribution in [3.8, 4) is 11.3 Å². The van der Waals surface area contributed by atoms with Gasteiger partial charge in [-0.15, -0.1) is 0 Å². The molecule has 0 spiro atoms. The van der Waals surface area contributed by atoms with Crippen molar-refractivity contribution in [2.75, 3.05) is 6.54 Å². The second-order valence-corrected chi connectivity index (χ2v) is 4.34. The number of hydrogen-bond acceptors (Lipinski definition) is 2. The average Bonchev–Trinajstić information content (AvgIpc) is 2.81. The van der Waals surface area contributed by atoms with Crippen molar-refractivity contribution in [2.45, 2.75) is 26.2 Å². The van der Waals surface area contributed by atoms with Crippen LogP contribution in [0.5, 0.6) is 0 Å². The molecule has 1 unspecified atom stereocenters. The smallest absolute Gasteiger partial charge is 0.110 e. The molecule has 0 aliphatic carbocycles. The predicted octanol–water partition coefficient (Wildman–Crippen LogP) is 2.84. The van der Waals surface area contributed by atoms with Gasteiger partial charge >= 0.3 is 0 Å². The van der Waals surface area contributed by atoms with E-state index in [9.17, 15) is 0 Å². The number of nitrogens with two attached hydrogens (primary N) is 1. The number of aromatic amines is 1. The van der Waals surface area contributed by atoms with Crippen LogP contribution >= 0.6 is 0 Å². The molecular weight excluding hydrogens is 210 g/mol. The third kappa shape index (κ3) is 2.39. The Balaban J connectivity index is 2.33. The van der Waals surface area contributed by atoms with Crippen LogP contribution in [0.25, 0.3) is 11.3 Å². The monoisotopic (exact) mass is 229 g/mol. The molecule has 0 aliphatic rings. The van der Waals surface area contributed by atoms with Crippen LogP contribution in [0.4, 0.5) is 0 Å². The number of imidazole rings is 1. The van der Waals surface area contributed by atoms with Crippen molar-refractivity contribution >= 4 is 0 Å². The minimum Gasteiger partial charge on any atom is -0.342 e. The van der Waals surface area contributed by atoms with Gasteiger partial charge in [0.25, 0.3) is 0 Å². The summed E-state index contributed by atoms with van der Waals surface area (Å²) in [5.41, 5.74) is 9.27. The number of benzene rings is 1. The summed E-state index contributed by atoms with van der Waals surface area (Å²) in [6.45, 7) is 4.88. The molecule has 0 saturated heterocycles. The summed E-state index contributed by atoms with van der Waals surface area (Å²) >= 11 is 0. The minimum absolute atomic E-state index is 0.327. The Hall–Kier alpha value is -1.61. The van der Waals surface area contributed by atoms with E-state index >= 15 is 0 Å². The summed E-state index contributed by atoms with van der Waals surface area (Å²) in [5.74, 6) is 1.32. The van der Waals surface area contributed by atoms with Gasteiger partial charge in [-0.3, -0.25) is 0 Å². The summed E-state index contributed by atoms with van der Waals surface area (Å²) in [5, 5.41) is 0. The summed E-state index contributed by atoms with van der Waals surface area (Å²) in [6, 6.07) is 8.31. The lowest BCUT2D eigenvalue weighted by molar-refractivity contribution is 0.639. The highest BCUT2D eigenvalue weighted by Gasteiger charge is 2.12. The molecule has 2 aromatic rings. The van der Waals surface area contributed by atoms with Gasteiger partial charge in [0.1, 0.15) is 5.82 Å². The lowest BCUT2D eigenvalue weighted by Gasteiger charge is -2.08. The molecule has 0 saturated carbocycles. The largest absolute Gasteiger partial charge is 0.342 e. The Labute approximate surface area is 102 Å². The fraction of sp³-hybridized carbons (Fsp3) is 0.357. The maximum Gasteiger partial charge on any atom is 0.110 e. The molecule has 1 aromatic carbocycles. The minimum atomic E-state index is 0.327. The molecule has 1 aromatic heterocycles. The highest BCUT2D eigenvalue weighted by atomic mass is 14.9. The molecule has 0 radical (unpaired) electrons. The van der Waals surface area contributed by atoms with Crippen LogP contribution in [-0.2, 0) is 0 Å². The van der Waals surface area contributed by atoms with Gasteiger partial charge in [0.05, 0.1) is 11.9 Å². The van der Waals surface area contributed by atoms with Crippen molar-refractivity contribution in [3.63, 3.8) is 0 Å². The Morgan fingerprint density at radius 2 is 2.12 bits per heavy atom. The first-order chi connectivity index (χ1) is 8.26. The fourth-order valence-corrected chi connectivity index (χ4v) is 2.03. The van der Waals surface area contributed by atoms with Crippen molar-refractivity contribution < 1.29 is 0 Å². The summed E-state index contributed by atoms with van der Waals surface area (Å²) in [7, 11) is 0. The van der Waals surface area contributed by atoms with Crippen LogP contribution in [-0.4, -0.2) is 16.5 Å². The maximum absolute atomic E-state index is 5.73. The molecule has 0 bridgehead atoms. The number of nitrogens with one attached hydrogen (secondary N) is 1. The van der Waals surface area contributed by atoms with Crippen LogP contribution in [0.3, 0.4) is 0 Å². The first-order valence-electron chi connectivity index (χ1n) is 6.07. The van der Waals surface area contributed by atoms with Crippen molar-refractivity contribution in [3.05, 3.63) is 41.9 Å². The van der Waals surface area contributed by atoms with E-state index in [1.807, 2.05) is 18.3 Å². The van der Waals surface area contributed by atoms with Gasteiger partial charge in [0, 0.05) is 18.0 Å². The van der Waals surface area contributed by atoms with Crippen LogP contribution in [0.15, 0.2) is 30.5 Å². The highest BCUT2D eigenvalue weighted by Crippen LogP contribution is 2.23. The molecular formula is C14H19N3. The molecule has 1 heterocycles. The lowest BCUT2D eigenvalue weighted by Crippen LogP contribution is -2.12. The Morgan fingerprint density at radius 3 is 2.76 bits per heavy atom. The number of nitrogens with zero attached hydrogens (tertiary/aromatic N) is 1. The van der Waals surface area contributed by atoms with Gasteiger partial charge in [0.2, 0.25) is 0 Å².